The van der Waals surface area contributed by atoms with Gasteiger partial charge >= 0.3 is 0 Å². The number of alkyl halides is 1. The lowest BCUT2D eigenvalue weighted by atomic mass is 9.91. The molecule has 10 nitrogen and oxygen atoms in total. The number of likely N-dealkylation sites (tertiary alicyclic amines) is 1. The molecule has 1 fully saturated rings. The molecule has 1 aliphatic rings. The summed E-state index contributed by atoms with van der Waals surface area (Å²) in [5.74, 6) is -0.452. The molecule has 3 N–H and O–H groups in total. The van der Waals surface area contributed by atoms with Gasteiger partial charge in [0.2, 0.25) is 5.95 Å². The normalized spacial score (nSPS) is 13.4. The summed E-state index contributed by atoms with van der Waals surface area (Å²) in [7, 11) is 1.50. The largest absolute Gasteiger partial charge is 0.507 e. The monoisotopic (exact) mass is 688 g/mol. The molecule has 0 spiro atoms. The molecular weight excluding hydrogens is 654 g/mol. The average molecular weight is 689 g/mol. The van der Waals surface area contributed by atoms with Gasteiger partial charge in [0.25, 0.3) is 11.8 Å². The second-order valence-corrected chi connectivity index (χ2v) is 12.4. The maximum Gasteiger partial charge on any atom is 0.255 e. The summed E-state index contributed by atoms with van der Waals surface area (Å²) < 4.78 is 34.2. The van der Waals surface area contributed by atoms with Gasteiger partial charge < -0.3 is 25.4 Å². The van der Waals surface area contributed by atoms with Crippen LogP contribution in [0, 0.1) is 5.82 Å². The van der Waals surface area contributed by atoms with Crippen LogP contribution in [0.2, 0.25) is 0 Å². The number of nitrogens with one attached hydrogen (secondary N) is 2. The number of aromatic nitrogens is 3. The molecular formula is C39H34F2N6O4. The third-order valence-corrected chi connectivity index (χ3v) is 8.92. The molecule has 0 bridgehead atoms. The van der Waals surface area contributed by atoms with Gasteiger partial charge in [0.15, 0.2) is 5.65 Å². The standard InChI is InChI=1S/C39H34F2N6O4/c1-51-35-19-27(38(50)46-22-31(41)23-46)12-16-33(35)43-39-44-36-17-13-28(21-47(36)45-39)25-8-6-24(7-9-25)18-29(26-10-14-30(40)15-11-26)20-42-37(49)32-4-2-3-5-34(32)48/h2-17,19,21,29,31,48H,18,20,22-23H2,1H3,(H,42,49)(H,43,45). The zero-order valence-corrected chi connectivity index (χ0v) is 27.6. The van der Waals surface area contributed by atoms with Crippen LogP contribution in [0.5, 0.6) is 11.5 Å². The summed E-state index contributed by atoms with van der Waals surface area (Å²) in [6, 6.07) is 29.5. The van der Waals surface area contributed by atoms with Gasteiger partial charge in [0.1, 0.15) is 23.5 Å². The predicted octanol–water partition coefficient (Wildman–Crippen LogP) is 6.54. The van der Waals surface area contributed by atoms with Gasteiger partial charge in [0, 0.05) is 29.8 Å². The number of halogens is 2. The van der Waals surface area contributed by atoms with Crippen molar-refractivity contribution in [2.75, 3.05) is 32.1 Å². The Hall–Kier alpha value is -6.30. The van der Waals surface area contributed by atoms with E-state index < -0.39 is 6.17 Å². The highest BCUT2D eigenvalue weighted by atomic mass is 19.1. The molecule has 1 saturated heterocycles. The number of ether oxygens (including phenoxy) is 1. The van der Waals surface area contributed by atoms with Gasteiger partial charge in [0.05, 0.1) is 31.5 Å². The summed E-state index contributed by atoms with van der Waals surface area (Å²) in [6.07, 6.45) is 1.48. The maximum absolute atomic E-state index is 13.7. The number of benzene rings is 4. The SMILES string of the molecule is COc1cc(C(=O)N2CC(F)C2)ccc1Nc1nc2ccc(-c3ccc(CC(CNC(=O)c4ccccc4O)c4ccc(F)cc4)cc3)cn2n1. The number of carbonyl (C=O) groups excluding carboxylic acids is 2. The van der Waals surface area contributed by atoms with Crippen molar-refractivity contribution in [2.24, 2.45) is 0 Å². The van der Waals surface area contributed by atoms with Crippen molar-refractivity contribution >= 4 is 29.1 Å². The molecule has 3 heterocycles. The molecule has 51 heavy (non-hydrogen) atoms. The number of aromatic hydroxyl groups is 1. The van der Waals surface area contributed by atoms with Gasteiger partial charge in [-0.15, -0.1) is 5.10 Å². The third kappa shape index (κ3) is 7.35. The first-order chi connectivity index (χ1) is 24.7. The predicted molar refractivity (Wildman–Crippen MR) is 189 cm³/mol. The molecule has 2 amide bonds. The van der Waals surface area contributed by atoms with Gasteiger partial charge in [-0.2, -0.15) is 4.98 Å². The number of fused-ring (bicyclic) bond motifs is 1. The van der Waals surface area contributed by atoms with Gasteiger partial charge in [-0.05, 0) is 77.7 Å². The summed E-state index contributed by atoms with van der Waals surface area (Å²) in [4.78, 5) is 31.5. The molecule has 0 saturated carbocycles. The van der Waals surface area contributed by atoms with E-state index in [9.17, 15) is 23.5 Å². The number of nitrogens with zero attached hydrogens (tertiary/aromatic N) is 4. The Morgan fingerprint density at radius 1 is 0.961 bits per heavy atom. The fraction of sp³-hybridized carbons (Fsp3) is 0.179. The lowest BCUT2D eigenvalue weighted by Gasteiger charge is -2.34. The highest BCUT2D eigenvalue weighted by Gasteiger charge is 2.31. The van der Waals surface area contributed by atoms with Crippen LogP contribution < -0.4 is 15.4 Å². The minimum absolute atomic E-state index is 0.0951. The number of amides is 2. The topological polar surface area (TPSA) is 121 Å². The Kier molecular flexibility index (Phi) is 9.30. The number of pyridine rings is 1. The maximum atomic E-state index is 13.7. The summed E-state index contributed by atoms with van der Waals surface area (Å²) in [5, 5.41) is 20.8. The Morgan fingerprint density at radius 2 is 1.71 bits per heavy atom. The van der Waals surface area contributed by atoms with Crippen LogP contribution in [0.4, 0.5) is 20.4 Å². The van der Waals surface area contributed by atoms with E-state index in [1.165, 1.54) is 30.2 Å². The first-order valence-electron chi connectivity index (χ1n) is 16.4. The number of hydrogen-bond acceptors (Lipinski definition) is 7. The van der Waals surface area contributed by atoms with Gasteiger partial charge in [-0.1, -0.05) is 48.5 Å². The zero-order chi connectivity index (χ0) is 35.5. The Balaban J connectivity index is 1.04. The number of methoxy groups -OCH3 is 1. The van der Waals surface area contributed by atoms with E-state index >= 15 is 0 Å². The lowest BCUT2D eigenvalue weighted by molar-refractivity contribution is 0.0400. The molecule has 258 valence electrons. The van der Waals surface area contributed by atoms with Crippen molar-refractivity contribution in [1.29, 1.82) is 0 Å². The van der Waals surface area contributed by atoms with Crippen LogP contribution in [-0.2, 0) is 6.42 Å². The van der Waals surface area contributed by atoms with E-state index in [-0.39, 0.29) is 54.5 Å². The van der Waals surface area contributed by atoms with E-state index in [0.717, 1.165) is 22.3 Å². The second-order valence-electron chi connectivity index (χ2n) is 12.4. The van der Waals surface area contributed by atoms with E-state index in [1.54, 1.807) is 53.0 Å². The Bertz CT molecular complexity index is 2200. The number of anilines is 2. The number of phenols is 1. The summed E-state index contributed by atoms with van der Waals surface area (Å²) >= 11 is 0. The van der Waals surface area contributed by atoms with Crippen molar-refractivity contribution in [3.05, 3.63) is 137 Å². The second kappa shape index (κ2) is 14.3. The Labute approximate surface area is 292 Å². The van der Waals surface area contributed by atoms with Gasteiger partial charge in [-0.3, -0.25) is 9.59 Å². The number of hydrogen-bond donors (Lipinski definition) is 3. The van der Waals surface area contributed by atoms with Crippen LogP contribution >= 0.6 is 0 Å². The van der Waals surface area contributed by atoms with Crippen LogP contribution in [0.3, 0.4) is 0 Å². The van der Waals surface area contributed by atoms with Crippen LogP contribution in [-0.4, -0.2) is 69.3 Å². The number of rotatable bonds is 11. The molecule has 0 radical (unpaired) electrons. The quantitative estimate of drug-likeness (QED) is 0.141. The Morgan fingerprint density at radius 3 is 2.43 bits per heavy atom. The lowest BCUT2D eigenvalue weighted by Crippen LogP contribution is -2.51. The summed E-state index contributed by atoms with van der Waals surface area (Å²) in [5.41, 5.74) is 5.57. The molecule has 1 atom stereocenters. The number of para-hydroxylation sites is 1. The van der Waals surface area contributed by atoms with E-state index in [0.29, 0.717) is 35.0 Å². The molecule has 7 rings (SSSR count). The minimum Gasteiger partial charge on any atom is -0.507 e. The van der Waals surface area contributed by atoms with Crippen molar-refractivity contribution in [3.63, 3.8) is 0 Å². The van der Waals surface area contributed by atoms with Crippen LogP contribution in [0.1, 0.15) is 37.8 Å². The minimum atomic E-state index is -0.977. The van der Waals surface area contributed by atoms with Crippen molar-refractivity contribution in [3.8, 4) is 22.6 Å². The number of phenolic OH excluding ortho intramolecular Hbond substituents is 1. The summed E-state index contributed by atoms with van der Waals surface area (Å²) in [6.45, 7) is 0.480. The van der Waals surface area contributed by atoms with E-state index in [2.05, 4.69) is 20.7 Å². The van der Waals surface area contributed by atoms with Crippen molar-refractivity contribution in [1.82, 2.24) is 24.8 Å². The highest BCUT2D eigenvalue weighted by molar-refractivity contribution is 5.97. The van der Waals surface area contributed by atoms with E-state index in [4.69, 9.17) is 4.74 Å². The van der Waals surface area contributed by atoms with Gasteiger partial charge in [-0.25, -0.2) is 13.3 Å². The van der Waals surface area contributed by atoms with Crippen molar-refractivity contribution in [2.45, 2.75) is 18.5 Å². The highest BCUT2D eigenvalue weighted by Crippen LogP contribution is 2.30. The van der Waals surface area contributed by atoms with Crippen LogP contribution in [0.15, 0.2) is 109 Å². The molecule has 0 aliphatic carbocycles. The number of carbonyl (C=O) groups is 2. The zero-order valence-electron chi connectivity index (χ0n) is 27.6. The smallest absolute Gasteiger partial charge is 0.255 e. The fourth-order valence-electron chi connectivity index (χ4n) is 6.07. The van der Waals surface area contributed by atoms with Crippen molar-refractivity contribution < 1.29 is 28.2 Å². The third-order valence-electron chi connectivity index (χ3n) is 8.92. The molecule has 4 aromatic carbocycles. The first kappa shape index (κ1) is 33.2. The molecule has 1 aliphatic heterocycles. The first-order valence-corrected chi connectivity index (χ1v) is 16.4. The average Bonchev–Trinajstić information content (AvgIpc) is 3.54. The molecule has 12 heteroatoms. The fourth-order valence-corrected chi connectivity index (χ4v) is 6.07. The van der Waals surface area contributed by atoms with E-state index in [1.807, 2.05) is 42.6 Å². The molecule has 1 unspecified atom stereocenters. The molecule has 2 aromatic heterocycles. The molecule has 6 aromatic rings. The van der Waals surface area contributed by atoms with Crippen LogP contribution in [0.25, 0.3) is 16.8 Å².